The van der Waals surface area contributed by atoms with Crippen molar-refractivity contribution in [3.63, 3.8) is 0 Å². The zero-order valence-electron chi connectivity index (χ0n) is 36.0. The molecule has 0 radical (unpaired) electrons. The van der Waals surface area contributed by atoms with Gasteiger partial charge in [-0.1, -0.05) is 73.4 Å². The van der Waals surface area contributed by atoms with Crippen molar-refractivity contribution < 1.29 is 49.3 Å². The van der Waals surface area contributed by atoms with Crippen LogP contribution in [0.25, 0.3) is 0 Å². The summed E-state index contributed by atoms with van der Waals surface area (Å²) in [5.74, 6) is 1.05. The van der Waals surface area contributed by atoms with Crippen LogP contribution in [0.5, 0.6) is 0 Å². The first-order valence-electron chi connectivity index (χ1n) is 18.5. The van der Waals surface area contributed by atoms with Crippen molar-refractivity contribution in [2.24, 2.45) is 11.8 Å². The Kier molecular flexibility index (Phi) is 27.0. The van der Waals surface area contributed by atoms with Gasteiger partial charge < -0.3 is 10.2 Å². The average Bonchev–Trinajstić information content (AvgIpc) is 3.08. The summed E-state index contributed by atoms with van der Waals surface area (Å²) >= 11 is 0. The number of hydrogen-bond donors (Lipinski definition) is 2. The van der Waals surface area contributed by atoms with Crippen LogP contribution in [-0.2, 0) is 39.1 Å². The Morgan fingerprint density at radius 1 is 0.926 bits per heavy atom. The quantitative estimate of drug-likeness (QED) is 0.0748. The Morgan fingerprint density at radius 3 is 1.96 bits per heavy atom. The zero-order chi connectivity index (χ0) is 42.2. The lowest BCUT2D eigenvalue weighted by molar-refractivity contribution is -0.328. The molecule has 10 heteroatoms. The van der Waals surface area contributed by atoms with E-state index in [1.54, 1.807) is 28.1 Å². The third-order valence-electron chi connectivity index (χ3n) is 9.08. The molecule has 54 heavy (non-hydrogen) atoms. The predicted molar refractivity (Wildman–Crippen MR) is 220 cm³/mol. The van der Waals surface area contributed by atoms with Gasteiger partial charge in [-0.25, -0.2) is 39.1 Å². The van der Waals surface area contributed by atoms with Gasteiger partial charge in [-0.2, -0.15) is 0 Å². The van der Waals surface area contributed by atoms with E-state index in [2.05, 4.69) is 81.7 Å². The van der Waals surface area contributed by atoms with Crippen molar-refractivity contribution in [1.29, 1.82) is 0 Å². The summed E-state index contributed by atoms with van der Waals surface area (Å²) in [5, 5.41) is 19.3. The van der Waals surface area contributed by atoms with Gasteiger partial charge in [0.15, 0.2) is 0 Å². The van der Waals surface area contributed by atoms with Crippen molar-refractivity contribution in [1.82, 2.24) is 0 Å². The second-order valence-corrected chi connectivity index (χ2v) is 15.3. The van der Waals surface area contributed by atoms with Gasteiger partial charge in [0, 0.05) is 0 Å². The molecule has 0 aliphatic heterocycles. The van der Waals surface area contributed by atoms with Crippen LogP contribution in [0, 0.1) is 11.8 Å². The van der Waals surface area contributed by atoms with Gasteiger partial charge in [-0.05, 0) is 130 Å². The molecule has 2 aliphatic rings. The number of aliphatic hydroxyl groups is 2. The average molecular weight is 765 g/mol. The van der Waals surface area contributed by atoms with Crippen molar-refractivity contribution in [3.05, 3.63) is 97.7 Å². The van der Waals surface area contributed by atoms with Crippen molar-refractivity contribution in [2.75, 3.05) is 28.4 Å². The van der Waals surface area contributed by atoms with E-state index in [4.69, 9.17) is 29.3 Å². The third-order valence-corrected chi connectivity index (χ3v) is 9.08. The van der Waals surface area contributed by atoms with Gasteiger partial charge in [-0.15, -0.1) is 13.2 Å². The van der Waals surface area contributed by atoms with E-state index in [0.717, 1.165) is 31.3 Å². The van der Waals surface area contributed by atoms with Crippen LogP contribution >= 0.6 is 0 Å². The minimum atomic E-state index is -0.861. The van der Waals surface area contributed by atoms with Gasteiger partial charge in [0.05, 0.1) is 39.6 Å². The first-order chi connectivity index (χ1) is 25.0. The molecule has 0 saturated carbocycles. The molecule has 0 aromatic rings. The summed E-state index contributed by atoms with van der Waals surface area (Å²) < 4.78 is 0. The van der Waals surface area contributed by atoms with Crippen LogP contribution in [0.4, 0.5) is 0 Å². The van der Waals surface area contributed by atoms with Gasteiger partial charge in [0.25, 0.3) is 0 Å². The largest absolute Gasteiger partial charge is 0.386 e. The van der Waals surface area contributed by atoms with Crippen molar-refractivity contribution >= 4 is 0 Å². The van der Waals surface area contributed by atoms with Gasteiger partial charge in [0.1, 0.15) is 23.4 Å². The van der Waals surface area contributed by atoms with Crippen LogP contribution in [0.15, 0.2) is 97.7 Å². The lowest BCUT2D eigenvalue weighted by Crippen LogP contribution is -2.29. The highest BCUT2D eigenvalue weighted by atomic mass is 17.2. The Labute approximate surface area is 328 Å². The molecular formula is C44H76O10. The molecular weight excluding hydrogens is 688 g/mol. The Hall–Kier alpha value is -2.48. The van der Waals surface area contributed by atoms with Crippen LogP contribution in [0.1, 0.15) is 107 Å². The lowest BCUT2D eigenvalue weighted by atomic mass is 9.83. The molecule has 0 bridgehead atoms. The smallest absolute Gasteiger partial charge is 0.119 e. The van der Waals surface area contributed by atoms with Gasteiger partial charge in [-0.3, -0.25) is 0 Å². The van der Waals surface area contributed by atoms with E-state index in [1.807, 2.05) is 39.8 Å². The van der Waals surface area contributed by atoms with Gasteiger partial charge >= 0.3 is 0 Å². The number of allylic oxidation sites excluding steroid dienone is 4. The first kappa shape index (κ1) is 53.6. The van der Waals surface area contributed by atoms with E-state index in [9.17, 15) is 10.2 Å². The minimum absolute atomic E-state index is 0.112. The van der Waals surface area contributed by atoms with Gasteiger partial charge in [0.2, 0.25) is 0 Å². The molecule has 0 heterocycles. The molecule has 2 rings (SSSR count). The predicted octanol–water partition coefficient (Wildman–Crippen LogP) is 10.2. The first-order valence-corrected chi connectivity index (χ1v) is 18.5. The highest BCUT2D eigenvalue weighted by molar-refractivity contribution is 5.16. The minimum Gasteiger partial charge on any atom is -0.386 e. The Bertz CT molecular complexity index is 1210. The number of rotatable bonds is 19. The molecule has 2 N–H and O–H groups in total. The maximum absolute atomic E-state index is 9.68. The second-order valence-electron chi connectivity index (χ2n) is 15.3. The molecule has 0 spiro atoms. The SMILES string of the molecule is C=C(C)C1C=CC(C)(OOC)CC1.C=C(C)C1CC=C(C)C(OOC)C1.C=CC(C)(O)C/C=C/C(C)(C)OOC.C=CC(C)(O)CCC(OOC)C(=C)C. The fourth-order valence-electron chi connectivity index (χ4n) is 5.17. The highest BCUT2D eigenvalue weighted by Crippen LogP contribution is 2.32. The van der Waals surface area contributed by atoms with E-state index in [0.29, 0.717) is 31.1 Å². The van der Waals surface area contributed by atoms with Crippen molar-refractivity contribution in [2.45, 2.75) is 142 Å². The Balaban J connectivity index is 0. The highest BCUT2D eigenvalue weighted by Gasteiger charge is 2.28. The normalized spacial score (nSPS) is 23.7. The molecule has 2 aliphatic carbocycles. The van der Waals surface area contributed by atoms with Crippen LogP contribution in [0.2, 0.25) is 0 Å². The monoisotopic (exact) mass is 765 g/mol. The molecule has 0 amide bonds. The van der Waals surface area contributed by atoms with Crippen LogP contribution in [0.3, 0.4) is 0 Å². The lowest BCUT2D eigenvalue weighted by Gasteiger charge is -2.30. The molecule has 7 atom stereocenters. The summed E-state index contributed by atoms with van der Waals surface area (Å²) in [5.41, 5.74) is 2.15. The maximum atomic E-state index is 9.68. The summed E-state index contributed by atoms with van der Waals surface area (Å²) in [6.07, 6.45) is 19.0. The molecule has 312 valence electrons. The Morgan fingerprint density at radius 2 is 1.54 bits per heavy atom. The van der Waals surface area contributed by atoms with Crippen molar-refractivity contribution in [3.8, 4) is 0 Å². The van der Waals surface area contributed by atoms with E-state index in [-0.39, 0.29) is 17.8 Å². The molecule has 0 saturated heterocycles. The molecule has 0 aromatic heterocycles. The summed E-state index contributed by atoms with van der Waals surface area (Å²) in [6, 6.07) is 0. The fraction of sp³-hybridized carbons (Fsp3) is 0.636. The standard InChI is InChI=1S/2C11H20O3.2C11H18O2/c1-6-11(4,12)9-7-8-10(2,3)14-13-5;1-6-11(4,12)8-7-10(9(2)3)14-13-5;1-9(2)10-5-7-11(3,8-6-10)13-12-4;1-8(2)10-6-5-9(3)11(7-10)13-12-4/h6-8,12H,1,9H2,2-5H3;6,10,12H,1-2,7-8H2,3-5H3;5,7,10H,1,6,8H2,2-4H3;5,10-11H,1,6-7H2,2-4H3/b8-7+;;;. The molecule has 0 fully saturated rings. The fourth-order valence-corrected chi connectivity index (χ4v) is 5.17. The maximum Gasteiger partial charge on any atom is 0.119 e. The molecule has 10 nitrogen and oxygen atoms in total. The van der Waals surface area contributed by atoms with Crippen LogP contribution < -0.4 is 0 Å². The van der Waals surface area contributed by atoms with E-state index < -0.39 is 16.8 Å². The molecule has 7 unspecified atom stereocenters. The number of hydrogen-bond acceptors (Lipinski definition) is 10. The third kappa shape index (κ3) is 24.8. The van der Waals surface area contributed by atoms with E-state index in [1.165, 1.54) is 43.1 Å². The zero-order valence-corrected chi connectivity index (χ0v) is 36.0. The van der Waals surface area contributed by atoms with Crippen LogP contribution in [-0.4, -0.2) is 73.3 Å². The molecule has 0 aromatic carbocycles. The summed E-state index contributed by atoms with van der Waals surface area (Å²) in [6.45, 7) is 36.1. The van der Waals surface area contributed by atoms with E-state index >= 15 is 0 Å². The second kappa shape index (κ2) is 27.2. The topological polar surface area (TPSA) is 114 Å². The summed E-state index contributed by atoms with van der Waals surface area (Å²) in [7, 11) is 6.03. The summed E-state index contributed by atoms with van der Waals surface area (Å²) in [4.78, 5) is 38.9.